The highest BCUT2D eigenvalue weighted by atomic mass is 19.3. The zero-order valence-corrected chi connectivity index (χ0v) is 13.7. The van der Waals surface area contributed by atoms with Crippen molar-refractivity contribution in [3.8, 4) is 40.2 Å². The van der Waals surface area contributed by atoms with Crippen molar-refractivity contribution in [3.63, 3.8) is 0 Å². The molecule has 142 valence electrons. The number of alkyl halides is 4. The van der Waals surface area contributed by atoms with Crippen LogP contribution in [0.25, 0.3) is 22.9 Å². The molecular formula is C17H12F4N2O4. The standard InChI is InChI=1S/C17H12F4N2O4/c1-24-13-8-9(6-7-12(13)26-17(20)21)14-22-23-15(27-14)10-4-2-3-5-11(10)25-16(18)19/h2-8,16-17H,1H3. The number of para-hydroxylation sites is 1. The fourth-order valence-corrected chi connectivity index (χ4v) is 2.28. The number of nitrogens with zero attached hydrogens (tertiary/aromatic N) is 2. The van der Waals surface area contributed by atoms with E-state index in [2.05, 4.69) is 19.7 Å². The van der Waals surface area contributed by atoms with E-state index >= 15 is 0 Å². The number of ether oxygens (including phenoxy) is 3. The van der Waals surface area contributed by atoms with Crippen LogP contribution in [0.5, 0.6) is 17.2 Å². The Morgan fingerprint density at radius 1 is 0.815 bits per heavy atom. The molecule has 0 unspecified atom stereocenters. The molecule has 0 aliphatic carbocycles. The van der Waals surface area contributed by atoms with Gasteiger partial charge in [-0.1, -0.05) is 12.1 Å². The van der Waals surface area contributed by atoms with E-state index in [0.29, 0.717) is 5.56 Å². The van der Waals surface area contributed by atoms with E-state index in [-0.39, 0.29) is 34.6 Å². The van der Waals surface area contributed by atoms with Crippen LogP contribution in [0, 0.1) is 0 Å². The van der Waals surface area contributed by atoms with Gasteiger partial charge in [-0.15, -0.1) is 10.2 Å². The molecule has 0 aliphatic rings. The highest BCUT2D eigenvalue weighted by Gasteiger charge is 2.18. The van der Waals surface area contributed by atoms with Crippen LogP contribution < -0.4 is 14.2 Å². The number of rotatable bonds is 7. The van der Waals surface area contributed by atoms with Crippen LogP contribution in [0.1, 0.15) is 0 Å². The van der Waals surface area contributed by atoms with Crippen molar-refractivity contribution in [2.24, 2.45) is 0 Å². The average molecular weight is 384 g/mol. The Bertz CT molecular complexity index is 917. The molecule has 1 heterocycles. The van der Waals surface area contributed by atoms with Gasteiger partial charge in [-0.25, -0.2) is 0 Å². The van der Waals surface area contributed by atoms with E-state index in [1.54, 1.807) is 6.07 Å². The van der Waals surface area contributed by atoms with E-state index < -0.39 is 13.2 Å². The monoisotopic (exact) mass is 384 g/mol. The van der Waals surface area contributed by atoms with Crippen molar-refractivity contribution in [1.29, 1.82) is 0 Å². The maximum atomic E-state index is 12.5. The fraction of sp³-hybridized carbons (Fsp3) is 0.176. The van der Waals surface area contributed by atoms with Gasteiger partial charge in [0.05, 0.1) is 12.7 Å². The number of hydrogen-bond acceptors (Lipinski definition) is 6. The lowest BCUT2D eigenvalue weighted by Gasteiger charge is -2.10. The first kappa shape index (κ1) is 18.5. The second-order valence-electron chi connectivity index (χ2n) is 5.03. The lowest BCUT2D eigenvalue weighted by atomic mass is 10.2. The van der Waals surface area contributed by atoms with Gasteiger partial charge in [0.25, 0.3) is 5.89 Å². The molecule has 0 N–H and O–H groups in total. The Morgan fingerprint density at radius 3 is 2.19 bits per heavy atom. The van der Waals surface area contributed by atoms with Crippen LogP contribution in [0.4, 0.5) is 17.6 Å². The molecule has 10 heteroatoms. The summed E-state index contributed by atoms with van der Waals surface area (Å²) in [5.41, 5.74) is 0.542. The molecule has 1 aromatic heterocycles. The highest BCUT2D eigenvalue weighted by Crippen LogP contribution is 2.35. The fourth-order valence-electron chi connectivity index (χ4n) is 2.28. The van der Waals surface area contributed by atoms with Gasteiger partial charge in [0.15, 0.2) is 11.5 Å². The predicted molar refractivity (Wildman–Crippen MR) is 85.0 cm³/mol. The molecule has 0 bridgehead atoms. The molecule has 0 aliphatic heterocycles. The zero-order chi connectivity index (χ0) is 19.4. The smallest absolute Gasteiger partial charge is 0.387 e. The third-order valence-electron chi connectivity index (χ3n) is 3.39. The molecule has 3 aromatic rings. The van der Waals surface area contributed by atoms with Crippen molar-refractivity contribution < 1.29 is 36.2 Å². The molecule has 27 heavy (non-hydrogen) atoms. The van der Waals surface area contributed by atoms with Gasteiger partial charge in [0.1, 0.15) is 5.75 Å². The van der Waals surface area contributed by atoms with E-state index in [9.17, 15) is 17.6 Å². The topological polar surface area (TPSA) is 66.6 Å². The number of methoxy groups -OCH3 is 1. The van der Waals surface area contributed by atoms with Gasteiger partial charge in [-0.2, -0.15) is 17.6 Å². The van der Waals surface area contributed by atoms with Gasteiger partial charge in [-0.05, 0) is 30.3 Å². The van der Waals surface area contributed by atoms with Crippen molar-refractivity contribution in [3.05, 3.63) is 42.5 Å². The van der Waals surface area contributed by atoms with Gasteiger partial charge in [0, 0.05) is 5.56 Å². The summed E-state index contributed by atoms with van der Waals surface area (Å²) in [5, 5.41) is 7.67. The van der Waals surface area contributed by atoms with Crippen LogP contribution in [0.15, 0.2) is 46.9 Å². The first-order valence-electron chi connectivity index (χ1n) is 7.49. The summed E-state index contributed by atoms with van der Waals surface area (Å²) in [7, 11) is 1.29. The third-order valence-corrected chi connectivity index (χ3v) is 3.39. The van der Waals surface area contributed by atoms with Crippen molar-refractivity contribution in [2.75, 3.05) is 7.11 Å². The molecule has 0 radical (unpaired) electrons. The molecule has 3 rings (SSSR count). The molecule has 0 amide bonds. The Kier molecular flexibility index (Phi) is 5.43. The van der Waals surface area contributed by atoms with Crippen LogP contribution >= 0.6 is 0 Å². The Labute approximate surface area is 150 Å². The SMILES string of the molecule is COc1cc(-c2nnc(-c3ccccc3OC(F)F)o2)ccc1OC(F)F. The van der Waals surface area contributed by atoms with Crippen molar-refractivity contribution >= 4 is 0 Å². The van der Waals surface area contributed by atoms with Gasteiger partial charge < -0.3 is 18.6 Å². The second kappa shape index (κ2) is 7.94. The van der Waals surface area contributed by atoms with Crippen LogP contribution in [0.2, 0.25) is 0 Å². The molecule has 6 nitrogen and oxygen atoms in total. The first-order valence-corrected chi connectivity index (χ1v) is 7.49. The Balaban J connectivity index is 1.93. The molecule has 0 spiro atoms. The van der Waals surface area contributed by atoms with E-state index in [1.165, 1.54) is 43.5 Å². The minimum Gasteiger partial charge on any atom is -0.493 e. The summed E-state index contributed by atoms with van der Waals surface area (Å²) in [5.74, 6) is -0.270. The van der Waals surface area contributed by atoms with Crippen LogP contribution in [-0.4, -0.2) is 30.5 Å². The van der Waals surface area contributed by atoms with E-state index in [4.69, 9.17) is 9.15 Å². The van der Waals surface area contributed by atoms with Crippen molar-refractivity contribution in [2.45, 2.75) is 13.2 Å². The summed E-state index contributed by atoms with van der Waals surface area (Å²) in [6.45, 7) is -6.02. The summed E-state index contributed by atoms with van der Waals surface area (Å²) >= 11 is 0. The largest absolute Gasteiger partial charge is 0.493 e. The first-order chi connectivity index (χ1) is 13.0. The molecule has 0 fully saturated rings. The van der Waals surface area contributed by atoms with E-state index in [1.807, 2.05) is 0 Å². The second-order valence-corrected chi connectivity index (χ2v) is 5.03. The summed E-state index contributed by atoms with van der Waals surface area (Å²) < 4.78 is 69.1. The molecule has 0 atom stereocenters. The van der Waals surface area contributed by atoms with Crippen LogP contribution in [-0.2, 0) is 0 Å². The van der Waals surface area contributed by atoms with E-state index in [0.717, 1.165) is 0 Å². The third kappa shape index (κ3) is 4.27. The molecule has 0 saturated heterocycles. The molecular weight excluding hydrogens is 372 g/mol. The number of aromatic nitrogens is 2. The maximum Gasteiger partial charge on any atom is 0.387 e. The average Bonchev–Trinajstić information content (AvgIpc) is 3.11. The van der Waals surface area contributed by atoms with Gasteiger partial charge in [-0.3, -0.25) is 0 Å². The minimum atomic E-state index is -3.01. The number of halogens is 4. The lowest BCUT2D eigenvalue weighted by Crippen LogP contribution is -2.03. The summed E-state index contributed by atoms with van der Waals surface area (Å²) in [6, 6.07) is 9.98. The van der Waals surface area contributed by atoms with Gasteiger partial charge >= 0.3 is 13.2 Å². The Morgan fingerprint density at radius 2 is 1.48 bits per heavy atom. The normalized spacial score (nSPS) is 11.1. The minimum absolute atomic E-state index is 0.0266. The Hall–Kier alpha value is -3.30. The highest BCUT2D eigenvalue weighted by molar-refractivity contribution is 5.65. The van der Waals surface area contributed by atoms with Crippen LogP contribution in [0.3, 0.4) is 0 Å². The number of hydrogen-bond donors (Lipinski definition) is 0. The summed E-state index contributed by atoms with van der Waals surface area (Å²) in [4.78, 5) is 0. The van der Waals surface area contributed by atoms with Crippen molar-refractivity contribution in [1.82, 2.24) is 10.2 Å². The molecule has 2 aromatic carbocycles. The van der Waals surface area contributed by atoms with Gasteiger partial charge in [0.2, 0.25) is 5.89 Å². The predicted octanol–water partition coefficient (Wildman–Crippen LogP) is 4.62. The molecule has 0 saturated carbocycles. The quantitative estimate of drug-likeness (QED) is 0.554. The maximum absolute atomic E-state index is 12.5. The number of benzene rings is 2. The summed E-state index contributed by atoms with van der Waals surface area (Å²) in [6.07, 6.45) is 0. The lowest BCUT2D eigenvalue weighted by molar-refractivity contribution is -0.0514. The zero-order valence-electron chi connectivity index (χ0n) is 13.7.